The van der Waals surface area contributed by atoms with E-state index >= 15 is 0 Å². The van der Waals surface area contributed by atoms with Gasteiger partial charge in [0.2, 0.25) is 11.8 Å². The van der Waals surface area contributed by atoms with Gasteiger partial charge in [-0.05, 0) is 6.42 Å². The van der Waals surface area contributed by atoms with Gasteiger partial charge in [-0.1, -0.05) is 6.92 Å². The van der Waals surface area contributed by atoms with Gasteiger partial charge < -0.3 is 21.1 Å². The van der Waals surface area contributed by atoms with Crippen molar-refractivity contribution in [3.05, 3.63) is 6.33 Å². The predicted octanol–water partition coefficient (Wildman–Crippen LogP) is 0.396. The molecule has 1 rings (SSSR count). The standard InChI is InChI=1S/C11H19N5O2/c1-3-5-13-8(17)4-6-14-10-9(12)11(18-2)16-7-15-10/h7H,3-6,12H2,1-2H3,(H,13,17)(H,14,15,16). The van der Waals surface area contributed by atoms with Crippen molar-refractivity contribution in [1.29, 1.82) is 0 Å². The van der Waals surface area contributed by atoms with Crippen LogP contribution in [0.3, 0.4) is 0 Å². The number of aromatic nitrogens is 2. The van der Waals surface area contributed by atoms with Crippen molar-refractivity contribution >= 4 is 17.4 Å². The second-order valence-electron chi connectivity index (χ2n) is 3.67. The van der Waals surface area contributed by atoms with Crippen molar-refractivity contribution in [3.8, 4) is 5.88 Å². The Morgan fingerprint density at radius 2 is 2.22 bits per heavy atom. The Hall–Kier alpha value is -2.05. The molecule has 0 aliphatic heterocycles. The van der Waals surface area contributed by atoms with Crippen molar-refractivity contribution in [2.45, 2.75) is 19.8 Å². The molecular formula is C11H19N5O2. The molecule has 100 valence electrons. The van der Waals surface area contributed by atoms with Crippen molar-refractivity contribution in [2.24, 2.45) is 0 Å². The van der Waals surface area contributed by atoms with Crippen LogP contribution in [0.5, 0.6) is 5.88 Å². The molecule has 1 aromatic rings. The third kappa shape index (κ3) is 4.08. The fourth-order valence-corrected chi connectivity index (χ4v) is 1.33. The lowest BCUT2D eigenvalue weighted by atomic mass is 10.3. The Morgan fingerprint density at radius 3 is 2.89 bits per heavy atom. The summed E-state index contributed by atoms with van der Waals surface area (Å²) < 4.78 is 4.97. The Kier molecular flexibility index (Phi) is 5.69. The molecule has 0 aliphatic carbocycles. The zero-order valence-corrected chi connectivity index (χ0v) is 10.7. The molecule has 0 bridgehead atoms. The van der Waals surface area contributed by atoms with Gasteiger partial charge in [0.25, 0.3) is 0 Å². The third-order valence-corrected chi connectivity index (χ3v) is 2.26. The predicted molar refractivity (Wildman–Crippen MR) is 69.4 cm³/mol. The number of rotatable bonds is 7. The van der Waals surface area contributed by atoms with Crippen LogP contribution in [0.1, 0.15) is 19.8 Å². The van der Waals surface area contributed by atoms with Crippen LogP contribution in [-0.2, 0) is 4.79 Å². The van der Waals surface area contributed by atoms with Gasteiger partial charge in [-0.3, -0.25) is 4.79 Å². The second-order valence-corrected chi connectivity index (χ2v) is 3.67. The second kappa shape index (κ2) is 7.31. The van der Waals surface area contributed by atoms with Crippen LogP contribution < -0.4 is 21.1 Å². The molecule has 1 heterocycles. The van der Waals surface area contributed by atoms with E-state index in [2.05, 4.69) is 20.6 Å². The lowest BCUT2D eigenvalue weighted by Gasteiger charge is -2.09. The third-order valence-electron chi connectivity index (χ3n) is 2.26. The number of carbonyl (C=O) groups is 1. The number of nitrogen functional groups attached to an aromatic ring is 1. The minimum Gasteiger partial charge on any atom is -0.479 e. The molecule has 0 aliphatic rings. The van der Waals surface area contributed by atoms with E-state index in [-0.39, 0.29) is 5.91 Å². The maximum Gasteiger partial charge on any atom is 0.242 e. The minimum absolute atomic E-state index is 0.00365. The van der Waals surface area contributed by atoms with Crippen molar-refractivity contribution < 1.29 is 9.53 Å². The average Bonchev–Trinajstić information content (AvgIpc) is 2.38. The summed E-state index contributed by atoms with van der Waals surface area (Å²) in [5.74, 6) is 0.803. The van der Waals surface area contributed by atoms with Crippen molar-refractivity contribution in [2.75, 3.05) is 31.2 Å². The number of hydrogen-bond donors (Lipinski definition) is 3. The van der Waals surface area contributed by atoms with E-state index in [9.17, 15) is 4.79 Å². The zero-order valence-electron chi connectivity index (χ0n) is 10.7. The maximum atomic E-state index is 11.4. The van der Waals surface area contributed by atoms with Gasteiger partial charge in [0.05, 0.1) is 7.11 Å². The van der Waals surface area contributed by atoms with Crippen molar-refractivity contribution in [3.63, 3.8) is 0 Å². The maximum absolute atomic E-state index is 11.4. The Balaban J connectivity index is 2.42. The number of nitrogens with one attached hydrogen (secondary N) is 2. The molecule has 0 spiro atoms. The van der Waals surface area contributed by atoms with Gasteiger partial charge in [0.15, 0.2) is 5.82 Å². The van der Waals surface area contributed by atoms with E-state index in [1.807, 2.05) is 6.92 Å². The summed E-state index contributed by atoms with van der Waals surface area (Å²) in [6, 6.07) is 0. The molecule has 0 fully saturated rings. The molecular weight excluding hydrogens is 234 g/mol. The molecule has 0 radical (unpaired) electrons. The number of methoxy groups -OCH3 is 1. The Labute approximate surface area is 106 Å². The highest BCUT2D eigenvalue weighted by atomic mass is 16.5. The van der Waals surface area contributed by atoms with E-state index in [4.69, 9.17) is 10.5 Å². The van der Waals surface area contributed by atoms with Crippen LogP contribution in [0, 0.1) is 0 Å². The number of amides is 1. The van der Waals surface area contributed by atoms with Gasteiger partial charge in [0.1, 0.15) is 12.0 Å². The summed E-state index contributed by atoms with van der Waals surface area (Å²) in [4.78, 5) is 19.2. The van der Waals surface area contributed by atoms with E-state index in [0.29, 0.717) is 36.9 Å². The smallest absolute Gasteiger partial charge is 0.242 e. The fourth-order valence-electron chi connectivity index (χ4n) is 1.33. The molecule has 7 nitrogen and oxygen atoms in total. The minimum atomic E-state index is 0.00365. The molecule has 7 heteroatoms. The van der Waals surface area contributed by atoms with Crippen LogP contribution in [0.25, 0.3) is 0 Å². The monoisotopic (exact) mass is 253 g/mol. The Bertz CT molecular complexity index is 397. The molecule has 0 saturated heterocycles. The highest BCUT2D eigenvalue weighted by Crippen LogP contribution is 2.23. The van der Waals surface area contributed by atoms with Crippen LogP contribution in [0.4, 0.5) is 11.5 Å². The molecule has 1 amide bonds. The van der Waals surface area contributed by atoms with E-state index in [0.717, 1.165) is 6.42 Å². The number of ether oxygens (including phenoxy) is 1. The molecule has 0 atom stereocenters. The summed E-state index contributed by atoms with van der Waals surface area (Å²) in [5, 5.41) is 5.77. The van der Waals surface area contributed by atoms with Crippen molar-refractivity contribution in [1.82, 2.24) is 15.3 Å². The lowest BCUT2D eigenvalue weighted by molar-refractivity contribution is -0.120. The SMILES string of the molecule is CCCNC(=O)CCNc1ncnc(OC)c1N. The van der Waals surface area contributed by atoms with Gasteiger partial charge in [0, 0.05) is 19.5 Å². The largest absolute Gasteiger partial charge is 0.479 e. The van der Waals surface area contributed by atoms with Crippen LogP contribution in [0.2, 0.25) is 0 Å². The van der Waals surface area contributed by atoms with Crippen LogP contribution >= 0.6 is 0 Å². The summed E-state index contributed by atoms with van der Waals surface area (Å²) in [6.07, 6.45) is 2.65. The fraction of sp³-hybridized carbons (Fsp3) is 0.545. The first kappa shape index (κ1) is 14.0. The number of nitrogens with two attached hydrogens (primary N) is 1. The topological polar surface area (TPSA) is 102 Å². The highest BCUT2D eigenvalue weighted by molar-refractivity contribution is 5.76. The molecule has 0 aromatic carbocycles. The van der Waals surface area contributed by atoms with Gasteiger partial charge in [-0.15, -0.1) is 0 Å². The summed E-state index contributed by atoms with van der Waals surface area (Å²) in [7, 11) is 1.49. The number of carbonyl (C=O) groups excluding carboxylic acids is 1. The van der Waals surface area contributed by atoms with E-state index in [1.165, 1.54) is 13.4 Å². The van der Waals surface area contributed by atoms with E-state index in [1.54, 1.807) is 0 Å². The first-order chi connectivity index (χ1) is 8.69. The van der Waals surface area contributed by atoms with Gasteiger partial charge >= 0.3 is 0 Å². The summed E-state index contributed by atoms with van der Waals surface area (Å²) in [5.41, 5.74) is 6.12. The first-order valence-corrected chi connectivity index (χ1v) is 5.84. The van der Waals surface area contributed by atoms with Crippen LogP contribution in [-0.4, -0.2) is 36.1 Å². The molecule has 0 saturated carbocycles. The Morgan fingerprint density at radius 1 is 1.44 bits per heavy atom. The van der Waals surface area contributed by atoms with Crippen LogP contribution in [0.15, 0.2) is 6.33 Å². The first-order valence-electron chi connectivity index (χ1n) is 5.84. The number of hydrogen-bond acceptors (Lipinski definition) is 6. The molecule has 0 unspecified atom stereocenters. The molecule has 4 N–H and O–H groups in total. The zero-order chi connectivity index (χ0) is 13.4. The lowest BCUT2D eigenvalue weighted by Crippen LogP contribution is -2.26. The quantitative estimate of drug-likeness (QED) is 0.650. The summed E-state index contributed by atoms with van der Waals surface area (Å²) >= 11 is 0. The summed E-state index contributed by atoms with van der Waals surface area (Å²) in [6.45, 7) is 3.16. The molecule has 1 aromatic heterocycles. The number of anilines is 2. The average molecular weight is 253 g/mol. The van der Waals surface area contributed by atoms with Gasteiger partial charge in [-0.2, -0.15) is 4.98 Å². The van der Waals surface area contributed by atoms with E-state index < -0.39 is 0 Å². The van der Waals surface area contributed by atoms with Gasteiger partial charge in [-0.25, -0.2) is 4.98 Å². The number of nitrogens with zero attached hydrogens (tertiary/aromatic N) is 2. The normalized spacial score (nSPS) is 9.89. The highest BCUT2D eigenvalue weighted by Gasteiger charge is 2.08. The molecule has 18 heavy (non-hydrogen) atoms.